The Morgan fingerprint density at radius 3 is 1.91 bits per heavy atom. The van der Waals surface area contributed by atoms with Crippen molar-refractivity contribution in [3.63, 3.8) is 0 Å². The van der Waals surface area contributed by atoms with Crippen molar-refractivity contribution >= 4 is 27.9 Å². The van der Waals surface area contributed by atoms with Crippen LogP contribution in [0, 0.1) is 0 Å². The van der Waals surface area contributed by atoms with Gasteiger partial charge in [-0.15, -0.1) is 0 Å². The van der Waals surface area contributed by atoms with E-state index in [2.05, 4.69) is 205 Å². The van der Waals surface area contributed by atoms with Gasteiger partial charge in [0.05, 0.1) is 18.1 Å². The number of hydrogen-bond acceptors (Lipinski definition) is 3. The summed E-state index contributed by atoms with van der Waals surface area (Å²) in [5.41, 5.74) is 14.9. The van der Waals surface area contributed by atoms with Crippen molar-refractivity contribution in [2.45, 2.75) is 37.4 Å². The highest BCUT2D eigenvalue weighted by Crippen LogP contribution is 2.45. The summed E-state index contributed by atoms with van der Waals surface area (Å²) >= 11 is 0. The molecule has 2 heterocycles. The molecule has 1 aliphatic carbocycles. The van der Waals surface area contributed by atoms with Gasteiger partial charge in [0.25, 0.3) is 0 Å². The SMILES string of the molecule is C1=CCCC(C2=CC(c3ccccc3)Nc3ccc4ccc(-c5cccc(-c6ccc(C7=NC(c8ccccc8)CC(c8ccccc8)N7)cc6)c5)cc4c32)=C1. The molecule has 0 spiro atoms. The van der Waals surface area contributed by atoms with Crippen molar-refractivity contribution in [2.75, 3.05) is 5.32 Å². The fourth-order valence-corrected chi connectivity index (χ4v) is 8.64. The zero-order valence-corrected chi connectivity index (χ0v) is 31.3. The van der Waals surface area contributed by atoms with Crippen LogP contribution in [0.15, 0.2) is 205 Å². The number of nitrogens with one attached hydrogen (secondary N) is 2. The Morgan fingerprint density at radius 2 is 1.18 bits per heavy atom. The summed E-state index contributed by atoms with van der Waals surface area (Å²) in [6, 6.07) is 61.9. The van der Waals surface area contributed by atoms with Gasteiger partial charge < -0.3 is 10.6 Å². The molecule has 56 heavy (non-hydrogen) atoms. The lowest BCUT2D eigenvalue weighted by Gasteiger charge is -2.30. The lowest BCUT2D eigenvalue weighted by molar-refractivity contribution is 0.490. The van der Waals surface area contributed by atoms with Gasteiger partial charge in [-0.05, 0) is 104 Å². The van der Waals surface area contributed by atoms with Gasteiger partial charge in [0.1, 0.15) is 5.84 Å². The number of hydrogen-bond donors (Lipinski definition) is 2. The molecular weight excluding hydrogens is 679 g/mol. The van der Waals surface area contributed by atoms with E-state index in [1.54, 1.807) is 0 Å². The fourth-order valence-electron chi connectivity index (χ4n) is 8.64. The van der Waals surface area contributed by atoms with E-state index in [1.165, 1.54) is 72.1 Å². The molecule has 0 radical (unpaired) electrons. The first-order valence-electron chi connectivity index (χ1n) is 19.9. The number of anilines is 1. The first-order valence-corrected chi connectivity index (χ1v) is 19.9. The van der Waals surface area contributed by atoms with E-state index in [0.29, 0.717) is 0 Å². The van der Waals surface area contributed by atoms with Gasteiger partial charge in [0.2, 0.25) is 0 Å². The number of fused-ring (bicyclic) bond motifs is 3. The number of benzene rings is 7. The van der Waals surface area contributed by atoms with Crippen molar-refractivity contribution in [3.05, 3.63) is 228 Å². The molecule has 3 unspecified atom stereocenters. The molecule has 7 aromatic carbocycles. The topological polar surface area (TPSA) is 36.4 Å². The number of aliphatic imine (C=N–C) groups is 1. The molecule has 0 fully saturated rings. The number of amidine groups is 1. The molecule has 0 saturated heterocycles. The zero-order chi connectivity index (χ0) is 37.3. The smallest absolute Gasteiger partial charge is 0.129 e. The molecule has 0 bridgehead atoms. The minimum Gasteiger partial charge on any atom is -0.374 e. The highest BCUT2D eigenvalue weighted by atomic mass is 15.1. The summed E-state index contributed by atoms with van der Waals surface area (Å²) in [4.78, 5) is 5.25. The van der Waals surface area contributed by atoms with E-state index in [0.717, 1.165) is 30.7 Å². The summed E-state index contributed by atoms with van der Waals surface area (Å²) in [6.45, 7) is 0. The van der Waals surface area contributed by atoms with E-state index < -0.39 is 0 Å². The maximum absolute atomic E-state index is 5.25. The highest BCUT2D eigenvalue weighted by molar-refractivity contribution is 6.05. The van der Waals surface area contributed by atoms with Crippen LogP contribution in [0.1, 0.15) is 65.2 Å². The Labute approximate surface area is 329 Å². The average Bonchev–Trinajstić information content (AvgIpc) is 3.29. The van der Waals surface area contributed by atoms with Crippen LogP contribution < -0.4 is 10.6 Å². The standard InChI is InChI=1S/C53H43N3/c1-5-14-37(15-6-1)47-34-49(39-16-7-2-8-17-39)54-48-31-30-38-26-29-45(33-46(38)52(47)48)44-23-13-22-43(32-44)36-24-27-42(28-25-36)53-55-50(40-18-9-3-10-19-40)35-51(56-53)41-20-11-4-12-21-41/h1-5,7-14,16-34,49-51,54H,6,15,35H2,(H,55,56). The monoisotopic (exact) mass is 721 g/mol. The molecule has 3 atom stereocenters. The molecule has 0 amide bonds. The molecule has 10 rings (SSSR count). The van der Waals surface area contributed by atoms with Gasteiger partial charge in [-0.3, -0.25) is 4.99 Å². The first-order chi connectivity index (χ1) is 27.7. The lowest BCUT2D eigenvalue weighted by Crippen LogP contribution is -2.34. The Bertz CT molecular complexity index is 2650. The second-order valence-electron chi connectivity index (χ2n) is 15.1. The second-order valence-corrected chi connectivity index (χ2v) is 15.1. The van der Waals surface area contributed by atoms with E-state index in [-0.39, 0.29) is 18.1 Å². The molecule has 3 nitrogen and oxygen atoms in total. The second kappa shape index (κ2) is 14.8. The van der Waals surface area contributed by atoms with Gasteiger partial charge in [-0.2, -0.15) is 0 Å². The quantitative estimate of drug-likeness (QED) is 0.172. The van der Waals surface area contributed by atoms with Crippen molar-refractivity contribution in [1.29, 1.82) is 0 Å². The molecule has 0 aromatic heterocycles. The first kappa shape index (κ1) is 33.8. The van der Waals surface area contributed by atoms with Gasteiger partial charge >= 0.3 is 0 Å². The maximum Gasteiger partial charge on any atom is 0.129 e. The Morgan fingerprint density at radius 1 is 0.536 bits per heavy atom. The number of allylic oxidation sites excluding steroid dienone is 5. The normalized spacial score (nSPS) is 18.9. The van der Waals surface area contributed by atoms with Crippen molar-refractivity contribution < 1.29 is 0 Å². The molecule has 270 valence electrons. The summed E-state index contributed by atoms with van der Waals surface area (Å²) in [7, 11) is 0. The van der Waals surface area contributed by atoms with Crippen LogP contribution in [-0.4, -0.2) is 5.84 Å². The molecular formula is C53H43N3. The minimum atomic E-state index is 0.0884. The molecule has 3 aliphatic rings. The molecule has 2 aliphatic heterocycles. The highest BCUT2D eigenvalue weighted by Gasteiger charge is 2.27. The van der Waals surface area contributed by atoms with E-state index >= 15 is 0 Å². The Balaban J connectivity index is 0.977. The third-order valence-electron chi connectivity index (χ3n) is 11.6. The fraction of sp³-hybridized carbons (Fsp3) is 0.113. The van der Waals surface area contributed by atoms with Crippen LogP contribution in [0.25, 0.3) is 38.6 Å². The van der Waals surface area contributed by atoms with Gasteiger partial charge in [-0.25, -0.2) is 0 Å². The third-order valence-corrected chi connectivity index (χ3v) is 11.6. The maximum atomic E-state index is 5.25. The van der Waals surface area contributed by atoms with E-state index in [9.17, 15) is 0 Å². The predicted octanol–water partition coefficient (Wildman–Crippen LogP) is 13.2. The third kappa shape index (κ3) is 6.67. The summed E-state index contributed by atoms with van der Waals surface area (Å²) in [5, 5.41) is 10.2. The van der Waals surface area contributed by atoms with Crippen LogP contribution >= 0.6 is 0 Å². The number of rotatable bonds is 7. The predicted molar refractivity (Wildman–Crippen MR) is 235 cm³/mol. The summed E-state index contributed by atoms with van der Waals surface area (Å²) < 4.78 is 0. The number of nitrogens with zero attached hydrogens (tertiary/aromatic N) is 1. The van der Waals surface area contributed by atoms with E-state index in [4.69, 9.17) is 4.99 Å². The molecule has 7 aromatic rings. The average molecular weight is 722 g/mol. The van der Waals surface area contributed by atoms with Crippen molar-refractivity contribution in [1.82, 2.24) is 5.32 Å². The van der Waals surface area contributed by atoms with Crippen LogP contribution in [0.4, 0.5) is 5.69 Å². The largest absolute Gasteiger partial charge is 0.374 e. The van der Waals surface area contributed by atoms with Gasteiger partial charge in [0, 0.05) is 16.8 Å². The summed E-state index contributed by atoms with van der Waals surface area (Å²) in [5.74, 6) is 0.941. The van der Waals surface area contributed by atoms with Crippen LogP contribution in [-0.2, 0) is 0 Å². The van der Waals surface area contributed by atoms with Crippen molar-refractivity contribution in [2.24, 2.45) is 4.99 Å². The minimum absolute atomic E-state index is 0.0884. The van der Waals surface area contributed by atoms with Crippen LogP contribution in [0.3, 0.4) is 0 Å². The molecule has 3 heteroatoms. The summed E-state index contributed by atoms with van der Waals surface area (Å²) in [6.07, 6.45) is 12.3. The van der Waals surface area contributed by atoms with Crippen LogP contribution in [0.5, 0.6) is 0 Å². The Kier molecular flexibility index (Phi) is 8.97. The molecule has 0 saturated carbocycles. The van der Waals surface area contributed by atoms with Gasteiger partial charge in [0.15, 0.2) is 0 Å². The Hall–Kier alpha value is -6.71. The van der Waals surface area contributed by atoms with E-state index in [1.807, 2.05) is 0 Å². The van der Waals surface area contributed by atoms with Crippen LogP contribution in [0.2, 0.25) is 0 Å². The zero-order valence-electron chi connectivity index (χ0n) is 31.3. The molecule has 2 N–H and O–H groups in total. The lowest BCUT2D eigenvalue weighted by atomic mass is 9.83. The van der Waals surface area contributed by atoms with Gasteiger partial charge in [-0.1, -0.05) is 170 Å². The van der Waals surface area contributed by atoms with Crippen molar-refractivity contribution in [3.8, 4) is 22.3 Å².